The summed E-state index contributed by atoms with van der Waals surface area (Å²) in [6.45, 7) is 1.70. The zero-order chi connectivity index (χ0) is 15.0. The second-order valence-electron chi connectivity index (χ2n) is 5.49. The lowest BCUT2D eigenvalue weighted by molar-refractivity contribution is 0.412. The van der Waals surface area contributed by atoms with E-state index in [9.17, 15) is 13.2 Å². The zero-order valence-corrected chi connectivity index (χ0v) is 12.6. The van der Waals surface area contributed by atoms with Crippen molar-refractivity contribution in [2.24, 2.45) is 0 Å². The summed E-state index contributed by atoms with van der Waals surface area (Å²) in [6.07, 6.45) is 6.44. The van der Waals surface area contributed by atoms with Crippen molar-refractivity contribution in [2.45, 2.75) is 50.0 Å². The van der Waals surface area contributed by atoms with Gasteiger partial charge < -0.3 is 0 Å². The molecule has 1 fully saturated rings. The van der Waals surface area contributed by atoms with Crippen molar-refractivity contribution in [3.05, 3.63) is 28.4 Å². The molecule has 0 aromatic carbocycles. The summed E-state index contributed by atoms with van der Waals surface area (Å²) in [5, 5.41) is 6.18. The number of nitrogens with zero attached hydrogens (tertiary/aromatic N) is 2. The van der Waals surface area contributed by atoms with Crippen LogP contribution in [0.4, 0.5) is 0 Å². The van der Waals surface area contributed by atoms with Crippen LogP contribution in [-0.4, -0.2) is 29.1 Å². The van der Waals surface area contributed by atoms with Crippen LogP contribution in [0.5, 0.6) is 0 Å². The Morgan fingerprint density at radius 1 is 1.33 bits per heavy atom. The van der Waals surface area contributed by atoms with Crippen molar-refractivity contribution in [1.29, 1.82) is 0 Å². The molecule has 2 N–H and O–H groups in total. The van der Waals surface area contributed by atoms with E-state index >= 15 is 0 Å². The van der Waals surface area contributed by atoms with Gasteiger partial charge >= 0.3 is 0 Å². The fraction of sp³-hybridized carbons (Fsp3) is 0.538. The van der Waals surface area contributed by atoms with Crippen molar-refractivity contribution in [1.82, 2.24) is 19.3 Å². The highest BCUT2D eigenvalue weighted by atomic mass is 32.2. The maximum Gasteiger partial charge on any atom is 0.288 e. The van der Waals surface area contributed by atoms with Gasteiger partial charge in [0.25, 0.3) is 5.56 Å². The predicted molar refractivity (Wildman–Crippen MR) is 77.7 cm³/mol. The number of aromatic amines is 1. The maximum atomic E-state index is 12.4. The number of fused-ring (bicyclic) bond motifs is 1. The lowest BCUT2D eigenvalue weighted by atomic mass is 9.96. The number of rotatable bonds is 3. The Morgan fingerprint density at radius 3 is 2.71 bits per heavy atom. The first kappa shape index (κ1) is 14.3. The van der Waals surface area contributed by atoms with E-state index in [1.807, 2.05) is 0 Å². The lowest BCUT2D eigenvalue weighted by Gasteiger charge is -2.22. The molecule has 1 saturated carbocycles. The molecule has 0 radical (unpaired) electrons. The SMILES string of the molecule is Cc1n[nH]c(=O)c2cc(S(=O)(=O)NC3CCCCC3)cn12. The second kappa shape index (κ2) is 5.27. The minimum Gasteiger partial charge on any atom is -0.298 e. The Bertz CT molecular complexity index is 816. The summed E-state index contributed by atoms with van der Waals surface area (Å²) in [5.41, 5.74) is -0.119. The molecule has 8 heteroatoms. The number of hydrogen-bond donors (Lipinski definition) is 2. The van der Waals surface area contributed by atoms with E-state index in [1.54, 1.807) is 6.92 Å². The molecule has 0 spiro atoms. The molecule has 7 nitrogen and oxygen atoms in total. The third kappa shape index (κ3) is 2.73. The molecule has 114 valence electrons. The fourth-order valence-electron chi connectivity index (χ4n) is 2.78. The van der Waals surface area contributed by atoms with Gasteiger partial charge in [-0.2, -0.15) is 5.10 Å². The van der Waals surface area contributed by atoms with Crippen LogP contribution in [0.3, 0.4) is 0 Å². The minimum absolute atomic E-state index is 0.00994. The fourth-order valence-corrected chi connectivity index (χ4v) is 4.10. The highest BCUT2D eigenvalue weighted by Gasteiger charge is 2.23. The molecule has 0 atom stereocenters. The number of H-pyrrole nitrogens is 1. The first-order valence-corrected chi connectivity index (χ1v) is 8.55. The van der Waals surface area contributed by atoms with Crippen LogP contribution in [0.2, 0.25) is 0 Å². The van der Waals surface area contributed by atoms with Gasteiger partial charge in [0.05, 0.1) is 0 Å². The van der Waals surface area contributed by atoms with Gasteiger partial charge in [-0.1, -0.05) is 19.3 Å². The van der Waals surface area contributed by atoms with Crippen LogP contribution >= 0.6 is 0 Å². The van der Waals surface area contributed by atoms with Crippen molar-refractivity contribution in [2.75, 3.05) is 0 Å². The number of sulfonamides is 1. The average Bonchev–Trinajstić information content (AvgIpc) is 2.91. The van der Waals surface area contributed by atoms with Gasteiger partial charge in [-0.15, -0.1) is 0 Å². The first-order valence-electron chi connectivity index (χ1n) is 7.07. The standard InChI is InChI=1S/C13H18N4O3S/c1-9-14-15-13(18)12-7-11(8-17(9)12)21(19,20)16-10-5-3-2-4-6-10/h7-8,10,16H,2-6H2,1H3,(H,15,18). The topological polar surface area (TPSA) is 96.3 Å². The van der Waals surface area contributed by atoms with Crippen molar-refractivity contribution < 1.29 is 8.42 Å². The molecule has 1 aliphatic rings. The highest BCUT2D eigenvalue weighted by molar-refractivity contribution is 7.89. The summed E-state index contributed by atoms with van der Waals surface area (Å²) in [5.74, 6) is 0.531. The summed E-state index contributed by atoms with van der Waals surface area (Å²) < 4.78 is 29.1. The van der Waals surface area contributed by atoms with Gasteiger partial charge in [0.2, 0.25) is 10.0 Å². The van der Waals surface area contributed by atoms with Crippen molar-refractivity contribution in [3.63, 3.8) is 0 Å². The average molecular weight is 310 g/mol. The monoisotopic (exact) mass is 310 g/mol. The van der Waals surface area contributed by atoms with Gasteiger partial charge in [0, 0.05) is 12.2 Å². The molecular weight excluding hydrogens is 292 g/mol. The largest absolute Gasteiger partial charge is 0.298 e. The summed E-state index contributed by atoms with van der Waals surface area (Å²) in [7, 11) is -3.61. The Morgan fingerprint density at radius 2 is 2.05 bits per heavy atom. The van der Waals surface area contributed by atoms with E-state index in [1.165, 1.54) is 16.7 Å². The van der Waals surface area contributed by atoms with E-state index in [0.717, 1.165) is 32.1 Å². The number of aromatic nitrogens is 3. The molecule has 0 amide bonds. The van der Waals surface area contributed by atoms with Gasteiger partial charge in [0.1, 0.15) is 16.2 Å². The quantitative estimate of drug-likeness (QED) is 0.882. The zero-order valence-electron chi connectivity index (χ0n) is 11.8. The molecule has 1 aliphatic carbocycles. The smallest absolute Gasteiger partial charge is 0.288 e. The van der Waals surface area contributed by atoms with E-state index < -0.39 is 15.6 Å². The molecule has 0 unspecified atom stereocenters. The molecule has 2 aromatic rings. The van der Waals surface area contributed by atoms with Crippen molar-refractivity contribution >= 4 is 15.5 Å². The Balaban J connectivity index is 1.97. The molecular formula is C13H18N4O3S. The summed E-state index contributed by atoms with van der Waals surface area (Å²) in [4.78, 5) is 11.8. The number of aryl methyl sites for hydroxylation is 1. The lowest BCUT2D eigenvalue weighted by Crippen LogP contribution is -2.35. The Labute approximate surface area is 122 Å². The van der Waals surface area contributed by atoms with Crippen LogP contribution in [0, 0.1) is 6.92 Å². The number of hydrogen-bond acceptors (Lipinski definition) is 4. The Hall–Kier alpha value is -1.67. The van der Waals surface area contributed by atoms with Crippen molar-refractivity contribution in [3.8, 4) is 0 Å². The molecule has 0 aliphatic heterocycles. The Kier molecular flexibility index (Phi) is 3.58. The van der Waals surface area contributed by atoms with Gasteiger partial charge in [-0.25, -0.2) is 18.2 Å². The van der Waals surface area contributed by atoms with Gasteiger partial charge in [-0.3, -0.25) is 9.20 Å². The van der Waals surface area contributed by atoms with Crippen LogP contribution in [0.15, 0.2) is 22.0 Å². The van der Waals surface area contributed by atoms with Crippen LogP contribution < -0.4 is 10.3 Å². The highest BCUT2D eigenvalue weighted by Crippen LogP contribution is 2.20. The van der Waals surface area contributed by atoms with Crippen LogP contribution in [-0.2, 0) is 10.0 Å². The molecule has 2 aromatic heterocycles. The maximum absolute atomic E-state index is 12.4. The third-order valence-electron chi connectivity index (χ3n) is 3.93. The predicted octanol–water partition coefficient (Wildman–Crippen LogP) is 0.942. The van der Waals surface area contributed by atoms with Crippen LogP contribution in [0.1, 0.15) is 37.9 Å². The normalized spacial score (nSPS) is 17.4. The van der Waals surface area contributed by atoms with Gasteiger partial charge in [-0.05, 0) is 25.8 Å². The minimum atomic E-state index is -3.61. The first-order chi connectivity index (χ1) is 9.97. The molecule has 21 heavy (non-hydrogen) atoms. The molecule has 0 saturated heterocycles. The second-order valence-corrected chi connectivity index (χ2v) is 7.20. The molecule has 0 bridgehead atoms. The van der Waals surface area contributed by atoms with E-state index in [0.29, 0.717) is 5.82 Å². The summed E-state index contributed by atoms with van der Waals surface area (Å²) in [6, 6.07) is 1.38. The van der Waals surface area contributed by atoms with E-state index in [4.69, 9.17) is 0 Å². The van der Waals surface area contributed by atoms with E-state index in [-0.39, 0.29) is 16.5 Å². The number of nitrogens with one attached hydrogen (secondary N) is 2. The molecule has 3 rings (SSSR count). The molecule has 2 heterocycles. The summed E-state index contributed by atoms with van der Waals surface area (Å²) >= 11 is 0. The van der Waals surface area contributed by atoms with Gasteiger partial charge in [0.15, 0.2) is 0 Å². The van der Waals surface area contributed by atoms with E-state index in [2.05, 4.69) is 14.9 Å². The van der Waals surface area contributed by atoms with Crippen LogP contribution in [0.25, 0.3) is 5.52 Å². The third-order valence-corrected chi connectivity index (χ3v) is 5.42.